The maximum absolute atomic E-state index is 5.20. The van der Waals surface area contributed by atoms with Crippen LogP contribution in [0.15, 0.2) is 188 Å². The standard InChI is InChI=1S/C54H31N3S/c1-2-12-35(13-3-1)51-55-52(57-53(56-51)41-20-10-19-39-38-16-5-7-25-46(38)58-50(39)41)36-30-26-32(27-31-36)37-18-11-24-45-49(37)40-17-4-6-21-42(40)54(45)43-22-8-14-33-28-29-34-15-9-23-44(54)48(34)47(33)43/h1-31H. The number of aromatic nitrogens is 3. The normalized spacial score (nSPS) is 13.3. The van der Waals surface area contributed by atoms with Gasteiger partial charge in [-0.15, -0.1) is 11.3 Å². The first-order valence-corrected chi connectivity index (χ1v) is 20.6. The van der Waals surface area contributed by atoms with E-state index in [0.29, 0.717) is 17.5 Å². The molecule has 1 spiro atoms. The average molecular weight is 754 g/mol. The Morgan fingerprint density at radius 3 is 1.66 bits per heavy atom. The van der Waals surface area contributed by atoms with Gasteiger partial charge in [0.25, 0.3) is 0 Å². The van der Waals surface area contributed by atoms with Crippen molar-refractivity contribution in [2.45, 2.75) is 5.41 Å². The maximum Gasteiger partial charge on any atom is 0.165 e. The number of hydrogen-bond acceptors (Lipinski definition) is 4. The molecule has 0 saturated heterocycles. The highest BCUT2D eigenvalue weighted by atomic mass is 32.1. The van der Waals surface area contributed by atoms with Gasteiger partial charge >= 0.3 is 0 Å². The molecular formula is C54H31N3S. The lowest BCUT2D eigenvalue weighted by Crippen LogP contribution is -2.26. The van der Waals surface area contributed by atoms with Crippen LogP contribution >= 0.6 is 11.3 Å². The summed E-state index contributed by atoms with van der Waals surface area (Å²) in [6, 6.07) is 68.3. The van der Waals surface area contributed by atoms with Crippen molar-refractivity contribution in [1.82, 2.24) is 15.0 Å². The van der Waals surface area contributed by atoms with Gasteiger partial charge in [-0.1, -0.05) is 176 Å². The Kier molecular flexibility index (Phi) is 6.53. The number of benzene rings is 9. The molecule has 2 aliphatic carbocycles. The van der Waals surface area contributed by atoms with E-state index >= 15 is 0 Å². The summed E-state index contributed by atoms with van der Waals surface area (Å²) in [6.07, 6.45) is 0. The third-order valence-electron chi connectivity index (χ3n) is 12.5. The highest BCUT2D eigenvalue weighted by Crippen LogP contribution is 2.63. The Hall–Kier alpha value is -7.27. The topological polar surface area (TPSA) is 38.7 Å². The zero-order chi connectivity index (χ0) is 38.0. The Morgan fingerprint density at radius 1 is 0.345 bits per heavy atom. The van der Waals surface area contributed by atoms with E-state index in [9.17, 15) is 0 Å². The minimum absolute atomic E-state index is 0.392. The van der Waals surface area contributed by atoms with Crippen molar-refractivity contribution >= 4 is 53.1 Å². The largest absolute Gasteiger partial charge is 0.208 e. The van der Waals surface area contributed by atoms with Gasteiger partial charge in [0.1, 0.15) is 0 Å². The second-order valence-electron chi connectivity index (χ2n) is 15.4. The molecule has 0 amide bonds. The molecule has 0 fully saturated rings. The average Bonchev–Trinajstić information content (AvgIpc) is 3.93. The fourth-order valence-electron chi connectivity index (χ4n) is 10.1. The van der Waals surface area contributed by atoms with Crippen LogP contribution in [0.5, 0.6) is 0 Å². The van der Waals surface area contributed by atoms with Gasteiger partial charge in [-0.3, -0.25) is 0 Å². The van der Waals surface area contributed by atoms with E-state index in [1.54, 1.807) is 11.3 Å². The van der Waals surface area contributed by atoms with Crippen LogP contribution in [0.2, 0.25) is 0 Å². The van der Waals surface area contributed by atoms with Crippen LogP contribution in [0.4, 0.5) is 0 Å². The molecule has 13 rings (SSSR count). The van der Waals surface area contributed by atoms with E-state index in [2.05, 4.69) is 170 Å². The van der Waals surface area contributed by atoms with Crippen molar-refractivity contribution in [2.75, 3.05) is 0 Å². The van der Waals surface area contributed by atoms with Gasteiger partial charge in [-0.25, -0.2) is 15.0 Å². The van der Waals surface area contributed by atoms with Crippen LogP contribution in [0, 0.1) is 0 Å². The molecule has 11 aromatic rings. The van der Waals surface area contributed by atoms with Gasteiger partial charge in [-0.2, -0.15) is 0 Å². The number of nitrogens with zero attached hydrogens (tertiary/aromatic N) is 3. The summed E-state index contributed by atoms with van der Waals surface area (Å²) in [4.78, 5) is 15.4. The van der Waals surface area contributed by atoms with Gasteiger partial charge in [0.05, 0.1) is 5.41 Å². The third-order valence-corrected chi connectivity index (χ3v) is 13.7. The first-order chi connectivity index (χ1) is 28.8. The van der Waals surface area contributed by atoms with E-state index in [0.717, 1.165) is 22.3 Å². The molecule has 58 heavy (non-hydrogen) atoms. The summed E-state index contributed by atoms with van der Waals surface area (Å²) < 4.78 is 2.44. The van der Waals surface area contributed by atoms with Crippen LogP contribution in [0.3, 0.4) is 0 Å². The lowest BCUT2D eigenvalue weighted by Gasteiger charge is -2.31. The summed E-state index contributed by atoms with van der Waals surface area (Å²) in [5, 5.41) is 7.82. The second kappa shape index (κ2) is 11.9. The molecule has 4 heteroatoms. The third kappa shape index (κ3) is 4.24. The Balaban J connectivity index is 0.979. The molecule has 3 nitrogen and oxygen atoms in total. The molecule has 9 aromatic carbocycles. The van der Waals surface area contributed by atoms with Crippen LogP contribution in [-0.4, -0.2) is 15.0 Å². The zero-order valence-corrected chi connectivity index (χ0v) is 32.0. The zero-order valence-electron chi connectivity index (χ0n) is 31.1. The first-order valence-electron chi connectivity index (χ1n) is 19.8. The Labute approximate surface area is 338 Å². The van der Waals surface area contributed by atoms with Gasteiger partial charge in [-0.05, 0) is 78.2 Å². The number of thiophene rings is 1. The van der Waals surface area contributed by atoms with E-state index in [4.69, 9.17) is 15.0 Å². The molecule has 0 unspecified atom stereocenters. The van der Waals surface area contributed by atoms with Crippen molar-refractivity contribution in [3.8, 4) is 56.4 Å². The SMILES string of the molecule is c1ccc(-c2nc(-c3ccc(-c4cccc5c4-c4ccccc4C54c5cccc6ccc7cccc4c7c56)cc3)nc(-c3cccc4c3sc3ccccc34)n2)cc1. The van der Waals surface area contributed by atoms with E-state index < -0.39 is 5.41 Å². The fourth-order valence-corrected chi connectivity index (χ4v) is 11.4. The number of rotatable bonds is 4. The summed E-state index contributed by atoms with van der Waals surface area (Å²) in [6.45, 7) is 0. The summed E-state index contributed by atoms with van der Waals surface area (Å²) in [7, 11) is 0. The summed E-state index contributed by atoms with van der Waals surface area (Å²) in [5.41, 5.74) is 13.0. The Bertz CT molecular complexity index is 3450. The molecule has 2 aromatic heterocycles. The quantitative estimate of drug-likeness (QED) is 0.168. The van der Waals surface area contributed by atoms with Gasteiger partial charge < -0.3 is 0 Å². The van der Waals surface area contributed by atoms with E-state index in [1.807, 2.05) is 18.2 Å². The Morgan fingerprint density at radius 2 is 0.879 bits per heavy atom. The summed E-state index contributed by atoms with van der Waals surface area (Å²) in [5.74, 6) is 1.99. The fraction of sp³-hybridized carbons (Fsp3) is 0.0185. The predicted octanol–water partition coefficient (Wildman–Crippen LogP) is 13.9. The van der Waals surface area contributed by atoms with Gasteiger partial charge in [0.15, 0.2) is 17.5 Å². The van der Waals surface area contributed by atoms with Crippen molar-refractivity contribution in [1.29, 1.82) is 0 Å². The molecule has 0 atom stereocenters. The lowest BCUT2D eigenvalue weighted by molar-refractivity contribution is 0.797. The minimum atomic E-state index is -0.392. The van der Waals surface area contributed by atoms with Crippen molar-refractivity contribution < 1.29 is 0 Å². The van der Waals surface area contributed by atoms with Crippen LogP contribution < -0.4 is 0 Å². The maximum atomic E-state index is 5.20. The van der Waals surface area contributed by atoms with Crippen molar-refractivity contribution in [2.24, 2.45) is 0 Å². The van der Waals surface area contributed by atoms with Crippen LogP contribution in [-0.2, 0) is 5.41 Å². The molecule has 2 aliphatic rings. The highest BCUT2D eigenvalue weighted by Gasteiger charge is 2.51. The van der Waals surface area contributed by atoms with Crippen LogP contribution in [0.1, 0.15) is 22.3 Å². The van der Waals surface area contributed by atoms with Gasteiger partial charge in [0, 0.05) is 36.9 Å². The van der Waals surface area contributed by atoms with Crippen molar-refractivity contribution in [3.05, 3.63) is 210 Å². The molecule has 0 N–H and O–H groups in total. The number of hydrogen-bond donors (Lipinski definition) is 0. The summed E-state index contributed by atoms with van der Waals surface area (Å²) >= 11 is 1.79. The highest BCUT2D eigenvalue weighted by molar-refractivity contribution is 7.26. The van der Waals surface area contributed by atoms with Gasteiger partial charge in [0.2, 0.25) is 0 Å². The minimum Gasteiger partial charge on any atom is -0.208 e. The molecule has 0 saturated carbocycles. The van der Waals surface area contributed by atoms with E-state index in [-0.39, 0.29) is 0 Å². The second-order valence-corrected chi connectivity index (χ2v) is 16.5. The molecule has 2 heterocycles. The first kappa shape index (κ1) is 31.9. The smallest absolute Gasteiger partial charge is 0.165 e. The van der Waals surface area contributed by atoms with Crippen LogP contribution in [0.25, 0.3) is 98.1 Å². The molecule has 268 valence electrons. The van der Waals surface area contributed by atoms with Crippen molar-refractivity contribution in [3.63, 3.8) is 0 Å². The predicted molar refractivity (Wildman–Crippen MR) is 240 cm³/mol. The molecule has 0 radical (unpaired) electrons. The molecule has 0 bridgehead atoms. The molecular weight excluding hydrogens is 723 g/mol. The molecule has 0 aliphatic heterocycles. The number of fused-ring (bicyclic) bond motifs is 10. The lowest BCUT2D eigenvalue weighted by atomic mass is 9.70. The van der Waals surface area contributed by atoms with E-state index in [1.165, 1.54) is 80.7 Å². The monoisotopic (exact) mass is 753 g/mol.